The van der Waals surface area contributed by atoms with Gasteiger partial charge in [0.05, 0.1) is 5.56 Å². The molecule has 3 aromatic rings. The molecule has 0 spiro atoms. The van der Waals surface area contributed by atoms with Crippen LogP contribution in [-0.2, 0) is 26.2 Å². The molecule has 3 aromatic heterocycles. The monoisotopic (exact) mass is 364 g/mol. The number of nitrogens with zero attached hydrogens (tertiary/aromatic N) is 6. The second-order valence-corrected chi connectivity index (χ2v) is 6.32. The molecule has 136 valence electrons. The molecule has 0 radical (unpaired) electrons. The number of aromatic nitrogens is 5. The predicted octanol–water partition coefficient (Wildman–Crippen LogP) is 1.71. The fourth-order valence-corrected chi connectivity index (χ4v) is 3.17. The Morgan fingerprint density at radius 1 is 1.27 bits per heavy atom. The standard InChI is InChI=1S/C16H15F3N6O/c1-9-7-25-14(22-23(2)15(25)26)21-13(9)24-4-3-12-10(8-24)5-11(6-20-12)16(17,18)19/h5-7H,3-4,8H2,1-2H3. The Hall–Kier alpha value is -2.91. The van der Waals surface area contributed by atoms with Crippen molar-refractivity contribution in [2.75, 3.05) is 11.4 Å². The van der Waals surface area contributed by atoms with Gasteiger partial charge in [0, 0.05) is 50.2 Å². The number of alkyl halides is 3. The van der Waals surface area contributed by atoms with Gasteiger partial charge in [0.2, 0.25) is 0 Å². The van der Waals surface area contributed by atoms with E-state index in [-0.39, 0.29) is 18.0 Å². The van der Waals surface area contributed by atoms with E-state index in [1.807, 2.05) is 4.90 Å². The molecule has 0 saturated heterocycles. The van der Waals surface area contributed by atoms with Crippen molar-refractivity contribution in [1.82, 2.24) is 24.1 Å². The lowest BCUT2D eigenvalue weighted by atomic mass is 10.0. The summed E-state index contributed by atoms with van der Waals surface area (Å²) < 4.78 is 41.4. The Labute approximate surface area is 145 Å². The van der Waals surface area contributed by atoms with E-state index in [4.69, 9.17) is 0 Å². The fourth-order valence-electron chi connectivity index (χ4n) is 3.17. The highest BCUT2D eigenvalue weighted by atomic mass is 19.4. The number of hydrogen-bond donors (Lipinski definition) is 0. The third-order valence-corrected chi connectivity index (χ3v) is 4.49. The number of anilines is 1. The lowest BCUT2D eigenvalue weighted by Crippen LogP contribution is -2.33. The quantitative estimate of drug-likeness (QED) is 0.658. The van der Waals surface area contributed by atoms with Crippen molar-refractivity contribution in [1.29, 1.82) is 0 Å². The largest absolute Gasteiger partial charge is 0.417 e. The average molecular weight is 364 g/mol. The van der Waals surface area contributed by atoms with Gasteiger partial charge in [-0.2, -0.15) is 18.2 Å². The van der Waals surface area contributed by atoms with Gasteiger partial charge in [0.15, 0.2) is 0 Å². The Morgan fingerprint density at radius 2 is 2.04 bits per heavy atom. The van der Waals surface area contributed by atoms with Gasteiger partial charge in [-0.1, -0.05) is 0 Å². The van der Waals surface area contributed by atoms with Crippen LogP contribution in [0.5, 0.6) is 0 Å². The summed E-state index contributed by atoms with van der Waals surface area (Å²) in [5, 5.41) is 4.07. The van der Waals surface area contributed by atoms with Crippen molar-refractivity contribution < 1.29 is 13.2 Å². The Bertz CT molecular complexity index is 1070. The van der Waals surface area contributed by atoms with Crippen molar-refractivity contribution in [3.63, 3.8) is 0 Å². The molecule has 7 nitrogen and oxygen atoms in total. The highest BCUT2D eigenvalue weighted by molar-refractivity contribution is 5.52. The van der Waals surface area contributed by atoms with Crippen molar-refractivity contribution in [2.24, 2.45) is 7.05 Å². The van der Waals surface area contributed by atoms with E-state index in [1.54, 1.807) is 13.1 Å². The van der Waals surface area contributed by atoms with Crippen LogP contribution >= 0.6 is 0 Å². The predicted molar refractivity (Wildman–Crippen MR) is 87.0 cm³/mol. The van der Waals surface area contributed by atoms with E-state index >= 15 is 0 Å². The van der Waals surface area contributed by atoms with Crippen LogP contribution in [0.25, 0.3) is 5.78 Å². The number of hydrogen-bond acceptors (Lipinski definition) is 5. The maximum absolute atomic E-state index is 12.9. The van der Waals surface area contributed by atoms with E-state index in [0.29, 0.717) is 30.0 Å². The molecular weight excluding hydrogens is 349 g/mol. The zero-order valence-corrected chi connectivity index (χ0v) is 14.1. The molecule has 0 amide bonds. The van der Waals surface area contributed by atoms with Crippen LogP contribution < -0.4 is 10.6 Å². The lowest BCUT2D eigenvalue weighted by molar-refractivity contribution is -0.137. The molecule has 1 aliphatic rings. The van der Waals surface area contributed by atoms with E-state index in [1.165, 1.54) is 16.1 Å². The number of halogens is 3. The lowest BCUT2D eigenvalue weighted by Gasteiger charge is -2.30. The average Bonchev–Trinajstić information content (AvgIpc) is 2.86. The third kappa shape index (κ3) is 2.61. The molecular formula is C16H15F3N6O. The Kier molecular flexibility index (Phi) is 3.53. The van der Waals surface area contributed by atoms with Crippen LogP contribution in [0.2, 0.25) is 0 Å². The molecule has 10 heteroatoms. The van der Waals surface area contributed by atoms with Crippen LogP contribution in [0.3, 0.4) is 0 Å². The van der Waals surface area contributed by atoms with Gasteiger partial charge in [-0.3, -0.25) is 4.98 Å². The van der Waals surface area contributed by atoms with Crippen LogP contribution in [0, 0.1) is 6.92 Å². The number of aryl methyl sites for hydroxylation is 2. The Morgan fingerprint density at radius 3 is 2.77 bits per heavy atom. The highest BCUT2D eigenvalue weighted by Gasteiger charge is 2.32. The summed E-state index contributed by atoms with van der Waals surface area (Å²) in [6.07, 6.45) is -1.38. The maximum Gasteiger partial charge on any atom is 0.417 e. The topological polar surface area (TPSA) is 68.3 Å². The summed E-state index contributed by atoms with van der Waals surface area (Å²) in [4.78, 5) is 22.3. The van der Waals surface area contributed by atoms with Crippen molar-refractivity contribution in [3.8, 4) is 0 Å². The van der Waals surface area contributed by atoms with E-state index < -0.39 is 11.7 Å². The molecule has 1 aliphatic heterocycles. The molecule has 0 aromatic carbocycles. The SMILES string of the molecule is Cc1cn2c(=O)n(C)nc2nc1N1CCc2ncc(C(F)(F)F)cc2C1. The second kappa shape index (κ2) is 5.55. The first kappa shape index (κ1) is 16.6. The summed E-state index contributed by atoms with van der Waals surface area (Å²) in [7, 11) is 1.54. The van der Waals surface area contributed by atoms with E-state index in [9.17, 15) is 18.0 Å². The number of fused-ring (bicyclic) bond motifs is 2. The normalized spacial score (nSPS) is 14.7. The smallest absolute Gasteiger partial charge is 0.351 e. The zero-order chi connectivity index (χ0) is 18.6. The van der Waals surface area contributed by atoms with Crippen LogP contribution in [-0.4, -0.2) is 30.7 Å². The minimum Gasteiger partial charge on any atom is -0.351 e. The first-order valence-corrected chi connectivity index (χ1v) is 7.97. The van der Waals surface area contributed by atoms with Gasteiger partial charge in [-0.05, 0) is 18.6 Å². The van der Waals surface area contributed by atoms with E-state index in [2.05, 4.69) is 15.1 Å². The van der Waals surface area contributed by atoms with Gasteiger partial charge in [-0.25, -0.2) is 13.9 Å². The summed E-state index contributed by atoms with van der Waals surface area (Å²) >= 11 is 0. The summed E-state index contributed by atoms with van der Waals surface area (Å²) in [5.74, 6) is 0.859. The molecule has 0 N–H and O–H groups in total. The molecule has 0 aliphatic carbocycles. The van der Waals surface area contributed by atoms with Crippen molar-refractivity contribution >= 4 is 11.6 Å². The first-order chi connectivity index (χ1) is 12.2. The number of pyridine rings is 1. The van der Waals surface area contributed by atoms with Crippen LogP contribution in [0.4, 0.5) is 19.0 Å². The number of rotatable bonds is 1. The molecule has 0 bridgehead atoms. The second-order valence-electron chi connectivity index (χ2n) is 6.32. The van der Waals surface area contributed by atoms with Crippen LogP contribution in [0.15, 0.2) is 23.3 Å². The summed E-state index contributed by atoms with van der Waals surface area (Å²) in [6.45, 7) is 2.65. The molecule has 0 saturated carbocycles. The summed E-state index contributed by atoms with van der Waals surface area (Å²) in [6, 6.07) is 1.15. The van der Waals surface area contributed by atoms with Gasteiger partial charge in [0.1, 0.15) is 5.82 Å². The van der Waals surface area contributed by atoms with Gasteiger partial charge < -0.3 is 4.90 Å². The summed E-state index contributed by atoms with van der Waals surface area (Å²) in [5.41, 5.74) is 0.892. The maximum atomic E-state index is 12.9. The molecule has 4 rings (SSSR count). The molecule has 0 fully saturated rings. The van der Waals surface area contributed by atoms with Gasteiger partial charge >= 0.3 is 11.9 Å². The van der Waals surface area contributed by atoms with Gasteiger partial charge in [0.25, 0.3) is 5.78 Å². The molecule has 4 heterocycles. The van der Waals surface area contributed by atoms with Gasteiger partial charge in [-0.15, -0.1) is 5.10 Å². The highest BCUT2D eigenvalue weighted by Crippen LogP contribution is 2.32. The third-order valence-electron chi connectivity index (χ3n) is 4.49. The van der Waals surface area contributed by atoms with E-state index in [0.717, 1.165) is 17.8 Å². The minimum absolute atomic E-state index is 0.256. The molecule has 0 atom stereocenters. The fraction of sp³-hybridized carbons (Fsp3) is 0.375. The van der Waals surface area contributed by atoms with Crippen molar-refractivity contribution in [2.45, 2.75) is 26.1 Å². The Balaban J connectivity index is 1.73. The van der Waals surface area contributed by atoms with Crippen LogP contribution in [0.1, 0.15) is 22.4 Å². The molecule has 0 unspecified atom stereocenters. The minimum atomic E-state index is -4.42. The van der Waals surface area contributed by atoms with Crippen molar-refractivity contribution in [3.05, 3.63) is 51.3 Å². The zero-order valence-electron chi connectivity index (χ0n) is 14.1. The molecule has 26 heavy (non-hydrogen) atoms. The first-order valence-electron chi connectivity index (χ1n) is 7.97.